The molecule has 0 radical (unpaired) electrons. The van der Waals surface area contributed by atoms with Gasteiger partial charge in [0.25, 0.3) is 5.69 Å². The van der Waals surface area contributed by atoms with E-state index in [0.717, 1.165) is 31.7 Å². The van der Waals surface area contributed by atoms with E-state index in [1.54, 1.807) is 0 Å². The molecule has 0 bridgehead atoms. The first kappa shape index (κ1) is 14.9. The largest absolute Gasteiger partial charge is 0.328 e. The SMILES string of the molecule is CN(Cc1cc(F)ccc1[N+](=O)[O-])C1CCC(N)CC1. The smallest absolute Gasteiger partial charge is 0.274 e. The Bertz CT molecular complexity index is 487. The highest BCUT2D eigenvalue weighted by atomic mass is 19.1. The lowest BCUT2D eigenvalue weighted by atomic mass is 9.91. The first-order valence-electron chi connectivity index (χ1n) is 6.86. The number of nitrogens with zero attached hydrogens (tertiary/aromatic N) is 2. The van der Waals surface area contributed by atoms with Gasteiger partial charge >= 0.3 is 0 Å². The lowest BCUT2D eigenvalue weighted by molar-refractivity contribution is -0.385. The number of hydrogen-bond donors (Lipinski definition) is 1. The highest BCUT2D eigenvalue weighted by Gasteiger charge is 2.24. The molecule has 0 saturated heterocycles. The third-order valence-electron chi connectivity index (χ3n) is 4.02. The van der Waals surface area contributed by atoms with Crippen molar-refractivity contribution >= 4 is 5.69 Å². The Morgan fingerprint density at radius 3 is 2.65 bits per heavy atom. The molecule has 110 valence electrons. The van der Waals surface area contributed by atoms with Gasteiger partial charge in [-0.1, -0.05) is 0 Å². The molecule has 0 amide bonds. The van der Waals surface area contributed by atoms with Crippen LogP contribution < -0.4 is 5.73 Å². The molecule has 0 aliphatic heterocycles. The topological polar surface area (TPSA) is 72.4 Å². The Labute approximate surface area is 117 Å². The fraction of sp³-hybridized carbons (Fsp3) is 0.571. The maximum Gasteiger partial charge on any atom is 0.274 e. The summed E-state index contributed by atoms with van der Waals surface area (Å²) in [5.41, 5.74) is 6.28. The Hall–Kier alpha value is -1.53. The Morgan fingerprint density at radius 2 is 2.05 bits per heavy atom. The van der Waals surface area contributed by atoms with E-state index >= 15 is 0 Å². The summed E-state index contributed by atoms with van der Waals surface area (Å²) in [5.74, 6) is -0.440. The molecule has 1 aromatic carbocycles. The van der Waals surface area contributed by atoms with Gasteiger partial charge in [0.05, 0.1) is 4.92 Å². The normalized spacial score (nSPS) is 23.0. The fourth-order valence-electron chi connectivity index (χ4n) is 2.80. The number of rotatable bonds is 4. The highest BCUT2D eigenvalue weighted by Crippen LogP contribution is 2.26. The van der Waals surface area contributed by atoms with Crippen LogP contribution in [-0.2, 0) is 6.54 Å². The average Bonchev–Trinajstić information content (AvgIpc) is 2.39. The molecule has 20 heavy (non-hydrogen) atoms. The molecule has 2 rings (SSSR count). The van der Waals surface area contributed by atoms with E-state index < -0.39 is 10.7 Å². The first-order chi connectivity index (χ1) is 9.47. The van der Waals surface area contributed by atoms with E-state index in [1.807, 2.05) is 7.05 Å². The van der Waals surface area contributed by atoms with Crippen LogP contribution in [0.25, 0.3) is 0 Å². The fourth-order valence-corrected chi connectivity index (χ4v) is 2.80. The number of hydrogen-bond acceptors (Lipinski definition) is 4. The van der Waals surface area contributed by atoms with Gasteiger partial charge < -0.3 is 5.73 Å². The van der Waals surface area contributed by atoms with Gasteiger partial charge in [0.15, 0.2) is 0 Å². The van der Waals surface area contributed by atoms with Crippen LogP contribution in [0.2, 0.25) is 0 Å². The van der Waals surface area contributed by atoms with Crippen molar-refractivity contribution < 1.29 is 9.31 Å². The summed E-state index contributed by atoms with van der Waals surface area (Å²) in [7, 11) is 1.93. The van der Waals surface area contributed by atoms with E-state index in [1.165, 1.54) is 12.1 Å². The zero-order chi connectivity index (χ0) is 14.7. The number of halogens is 1. The molecule has 1 aliphatic carbocycles. The van der Waals surface area contributed by atoms with Crippen LogP contribution in [0.3, 0.4) is 0 Å². The van der Waals surface area contributed by atoms with Crippen molar-refractivity contribution in [1.82, 2.24) is 4.90 Å². The summed E-state index contributed by atoms with van der Waals surface area (Å²) < 4.78 is 13.3. The zero-order valence-electron chi connectivity index (χ0n) is 11.6. The molecule has 1 fully saturated rings. The molecule has 0 unspecified atom stereocenters. The standard InChI is InChI=1S/C14H20FN3O2/c1-17(13-5-3-12(16)4-6-13)9-10-8-11(15)2-7-14(10)18(19)20/h2,7-8,12-13H,3-6,9,16H2,1H3. The predicted molar refractivity (Wildman–Crippen MR) is 74.8 cm³/mol. The molecule has 1 aromatic rings. The van der Waals surface area contributed by atoms with Gasteiger partial charge in [0.1, 0.15) is 5.82 Å². The molecular formula is C14H20FN3O2. The van der Waals surface area contributed by atoms with Crippen LogP contribution in [0, 0.1) is 15.9 Å². The molecule has 1 aliphatic rings. The van der Waals surface area contributed by atoms with Gasteiger partial charge in [-0.15, -0.1) is 0 Å². The molecule has 2 N–H and O–H groups in total. The minimum Gasteiger partial charge on any atom is -0.328 e. The number of nitro benzene ring substituents is 1. The highest BCUT2D eigenvalue weighted by molar-refractivity contribution is 5.40. The molecule has 6 heteroatoms. The molecule has 0 aromatic heterocycles. The molecule has 1 saturated carbocycles. The van der Waals surface area contributed by atoms with Crippen LogP contribution in [-0.4, -0.2) is 29.0 Å². The van der Waals surface area contributed by atoms with Crippen molar-refractivity contribution in [3.63, 3.8) is 0 Å². The minimum absolute atomic E-state index is 0.0224. The summed E-state index contributed by atoms with van der Waals surface area (Å²) in [6.45, 7) is 0.383. The van der Waals surface area contributed by atoms with Crippen molar-refractivity contribution in [3.05, 3.63) is 39.7 Å². The number of benzene rings is 1. The molecular weight excluding hydrogens is 261 g/mol. The van der Waals surface area contributed by atoms with Gasteiger partial charge in [-0.2, -0.15) is 0 Å². The molecule has 0 heterocycles. The van der Waals surface area contributed by atoms with Gasteiger partial charge in [-0.25, -0.2) is 4.39 Å². The van der Waals surface area contributed by atoms with E-state index in [2.05, 4.69) is 4.90 Å². The molecule has 5 nitrogen and oxygen atoms in total. The summed E-state index contributed by atoms with van der Waals surface area (Å²) >= 11 is 0. The van der Waals surface area contributed by atoms with Gasteiger partial charge in [0, 0.05) is 30.3 Å². The summed E-state index contributed by atoms with van der Waals surface area (Å²) in [5, 5.41) is 11.0. The van der Waals surface area contributed by atoms with Crippen molar-refractivity contribution in [2.24, 2.45) is 5.73 Å². The third kappa shape index (κ3) is 3.52. The van der Waals surface area contributed by atoms with Crippen LogP contribution in [0.15, 0.2) is 18.2 Å². The van der Waals surface area contributed by atoms with E-state index in [0.29, 0.717) is 18.2 Å². The van der Waals surface area contributed by atoms with Crippen LogP contribution in [0.1, 0.15) is 31.2 Å². The molecule has 0 spiro atoms. The van der Waals surface area contributed by atoms with Crippen molar-refractivity contribution in [3.8, 4) is 0 Å². The first-order valence-corrected chi connectivity index (χ1v) is 6.86. The Kier molecular flexibility index (Phi) is 4.67. The predicted octanol–water partition coefficient (Wildman–Crippen LogP) is 2.44. The Morgan fingerprint density at radius 1 is 1.40 bits per heavy atom. The van der Waals surface area contributed by atoms with Crippen LogP contribution in [0.5, 0.6) is 0 Å². The lowest BCUT2D eigenvalue weighted by Gasteiger charge is -2.33. The second kappa shape index (κ2) is 6.28. The summed E-state index contributed by atoms with van der Waals surface area (Å²) in [6, 6.07) is 4.24. The maximum absolute atomic E-state index is 13.3. The van der Waals surface area contributed by atoms with E-state index in [9.17, 15) is 14.5 Å². The Balaban J connectivity index is 2.09. The van der Waals surface area contributed by atoms with Gasteiger partial charge in [0.2, 0.25) is 0 Å². The lowest BCUT2D eigenvalue weighted by Crippen LogP contribution is -2.38. The van der Waals surface area contributed by atoms with Crippen LogP contribution in [0.4, 0.5) is 10.1 Å². The summed E-state index contributed by atoms with van der Waals surface area (Å²) in [4.78, 5) is 12.6. The number of nitrogens with two attached hydrogens (primary N) is 1. The third-order valence-corrected chi connectivity index (χ3v) is 4.02. The van der Waals surface area contributed by atoms with Crippen molar-refractivity contribution in [2.45, 2.75) is 44.3 Å². The van der Waals surface area contributed by atoms with Crippen LogP contribution >= 0.6 is 0 Å². The van der Waals surface area contributed by atoms with E-state index in [-0.39, 0.29) is 11.7 Å². The van der Waals surface area contributed by atoms with Crippen molar-refractivity contribution in [2.75, 3.05) is 7.05 Å². The van der Waals surface area contributed by atoms with Gasteiger partial charge in [-0.3, -0.25) is 15.0 Å². The van der Waals surface area contributed by atoms with E-state index in [4.69, 9.17) is 5.73 Å². The monoisotopic (exact) mass is 281 g/mol. The minimum atomic E-state index is -0.459. The maximum atomic E-state index is 13.3. The van der Waals surface area contributed by atoms with Gasteiger partial charge in [-0.05, 0) is 44.9 Å². The average molecular weight is 281 g/mol. The van der Waals surface area contributed by atoms with Crippen molar-refractivity contribution in [1.29, 1.82) is 0 Å². The second-order valence-corrected chi connectivity index (χ2v) is 5.51. The summed E-state index contributed by atoms with van der Waals surface area (Å²) in [6.07, 6.45) is 3.92. The quantitative estimate of drug-likeness (QED) is 0.679. The second-order valence-electron chi connectivity index (χ2n) is 5.51. The number of nitro groups is 1. The zero-order valence-corrected chi connectivity index (χ0v) is 11.6. The molecule has 0 atom stereocenters.